The molecule has 0 bridgehead atoms. The van der Waals surface area contributed by atoms with Gasteiger partial charge in [0.15, 0.2) is 6.23 Å². The third-order valence-corrected chi connectivity index (χ3v) is 9.77. The Hall–Kier alpha value is -3.24. The van der Waals surface area contributed by atoms with Crippen LogP contribution in [0.3, 0.4) is 0 Å². The number of benzene rings is 3. The lowest BCUT2D eigenvalue weighted by atomic mass is 9.94. The third kappa shape index (κ3) is 5.93. The van der Waals surface area contributed by atoms with Crippen molar-refractivity contribution < 1.29 is 17.9 Å². The second-order valence-electron chi connectivity index (χ2n) is 10.6. The van der Waals surface area contributed by atoms with Crippen LogP contribution in [0.15, 0.2) is 77.7 Å². The van der Waals surface area contributed by atoms with Gasteiger partial charge in [0.05, 0.1) is 11.3 Å². The Balaban J connectivity index is 1.29. The highest BCUT2D eigenvalue weighted by Gasteiger charge is 2.34. The fourth-order valence-electron chi connectivity index (χ4n) is 5.60. The number of fused-ring (bicyclic) bond motifs is 1. The summed E-state index contributed by atoms with van der Waals surface area (Å²) in [5.41, 5.74) is 5.13. The minimum atomic E-state index is -3.66. The lowest BCUT2D eigenvalue weighted by Crippen LogP contribution is -2.46. The van der Waals surface area contributed by atoms with Crippen molar-refractivity contribution in [3.8, 4) is 0 Å². The predicted molar refractivity (Wildman–Crippen MR) is 157 cm³/mol. The van der Waals surface area contributed by atoms with E-state index in [4.69, 9.17) is 4.74 Å². The molecule has 3 aromatic carbocycles. The molecule has 3 aromatic rings. The number of hydrogen-bond acceptors (Lipinski definition) is 6. The fourth-order valence-corrected chi connectivity index (χ4v) is 6.76. The second-order valence-corrected chi connectivity index (χ2v) is 12.7. The molecule has 1 amide bonds. The van der Waals surface area contributed by atoms with Crippen LogP contribution in [-0.4, -0.2) is 82.4 Å². The van der Waals surface area contributed by atoms with Crippen molar-refractivity contribution in [2.24, 2.45) is 0 Å². The first-order valence-electron chi connectivity index (χ1n) is 13.7. The van der Waals surface area contributed by atoms with Crippen LogP contribution in [0.4, 0.5) is 5.69 Å². The highest BCUT2D eigenvalue weighted by atomic mass is 32.2. The topological polar surface area (TPSA) is 73.4 Å². The van der Waals surface area contributed by atoms with Crippen molar-refractivity contribution in [1.82, 2.24) is 14.1 Å². The largest absolute Gasteiger partial charge is 0.369 e. The Morgan fingerprint density at radius 2 is 1.60 bits per heavy atom. The second kappa shape index (κ2) is 12.1. The summed E-state index contributed by atoms with van der Waals surface area (Å²) in [4.78, 5) is 20.3. The summed E-state index contributed by atoms with van der Waals surface area (Å²) in [7, 11) is 1.72. The maximum absolute atomic E-state index is 13.6. The molecule has 8 nitrogen and oxygen atoms in total. The molecule has 40 heavy (non-hydrogen) atoms. The van der Waals surface area contributed by atoms with Crippen LogP contribution in [0, 0.1) is 0 Å². The summed E-state index contributed by atoms with van der Waals surface area (Å²) in [6, 6.07) is 22.5. The number of amides is 1. The zero-order chi connectivity index (χ0) is 28.3. The van der Waals surface area contributed by atoms with E-state index in [-0.39, 0.29) is 23.8 Å². The van der Waals surface area contributed by atoms with Crippen molar-refractivity contribution in [1.29, 1.82) is 0 Å². The highest BCUT2D eigenvalue weighted by Crippen LogP contribution is 2.38. The van der Waals surface area contributed by atoms with Crippen molar-refractivity contribution in [3.05, 3.63) is 95.1 Å². The number of carbonyl (C=O) groups is 1. The SMILES string of the molecule is COC1c2c(cccc2N2CCN(C)CC2)CCN1C(=O)Cc1ccc(S(=O)(=O)N(C)Cc2ccccc2)cc1. The number of nitrogens with zero attached hydrogens (tertiary/aromatic N) is 4. The number of hydrogen-bond donors (Lipinski definition) is 0. The summed E-state index contributed by atoms with van der Waals surface area (Å²) in [5, 5.41) is 0. The van der Waals surface area contributed by atoms with Crippen LogP contribution >= 0.6 is 0 Å². The van der Waals surface area contributed by atoms with Crippen molar-refractivity contribution in [3.63, 3.8) is 0 Å². The number of carbonyl (C=O) groups excluding carboxylic acids is 1. The maximum Gasteiger partial charge on any atom is 0.243 e. The first-order valence-corrected chi connectivity index (χ1v) is 15.2. The number of likely N-dealkylation sites (N-methyl/N-ethyl adjacent to an activating group) is 1. The van der Waals surface area contributed by atoms with E-state index >= 15 is 0 Å². The molecule has 0 N–H and O–H groups in total. The van der Waals surface area contributed by atoms with Gasteiger partial charge in [-0.3, -0.25) is 4.79 Å². The van der Waals surface area contributed by atoms with Gasteiger partial charge in [0, 0.05) is 64.7 Å². The fraction of sp³-hybridized carbons (Fsp3) is 0.387. The van der Waals surface area contributed by atoms with Gasteiger partial charge in [-0.25, -0.2) is 8.42 Å². The van der Waals surface area contributed by atoms with Gasteiger partial charge in [-0.2, -0.15) is 4.31 Å². The summed E-state index contributed by atoms with van der Waals surface area (Å²) in [6.07, 6.45) is 0.484. The molecule has 0 radical (unpaired) electrons. The van der Waals surface area contributed by atoms with Crippen LogP contribution in [-0.2, 0) is 38.9 Å². The first-order chi connectivity index (χ1) is 19.3. The first kappa shape index (κ1) is 28.3. The van der Waals surface area contributed by atoms with E-state index in [1.807, 2.05) is 35.2 Å². The molecule has 5 rings (SSSR count). The number of methoxy groups -OCH3 is 1. The summed E-state index contributed by atoms with van der Waals surface area (Å²) >= 11 is 0. The zero-order valence-corrected chi connectivity index (χ0v) is 24.3. The average Bonchev–Trinajstić information content (AvgIpc) is 2.97. The van der Waals surface area contributed by atoms with Crippen LogP contribution in [0.1, 0.15) is 28.5 Å². The van der Waals surface area contributed by atoms with Gasteiger partial charge >= 0.3 is 0 Å². The van der Waals surface area contributed by atoms with Gasteiger partial charge in [-0.15, -0.1) is 0 Å². The van der Waals surface area contributed by atoms with Gasteiger partial charge in [0.2, 0.25) is 15.9 Å². The van der Waals surface area contributed by atoms with E-state index in [1.54, 1.807) is 38.4 Å². The van der Waals surface area contributed by atoms with E-state index in [1.165, 1.54) is 9.87 Å². The third-order valence-electron chi connectivity index (χ3n) is 7.95. The highest BCUT2D eigenvalue weighted by molar-refractivity contribution is 7.89. The van der Waals surface area contributed by atoms with E-state index in [2.05, 4.69) is 35.0 Å². The monoisotopic (exact) mass is 562 g/mol. The molecule has 2 aliphatic heterocycles. The summed E-state index contributed by atoms with van der Waals surface area (Å²) in [6.45, 7) is 4.73. The summed E-state index contributed by atoms with van der Waals surface area (Å²) < 4.78 is 33.6. The normalized spacial score (nSPS) is 18.1. The van der Waals surface area contributed by atoms with Crippen LogP contribution in [0.25, 0.3) is 0 Å². The Kier molecular flexibility index (Phi) is 8.56. The molecule has 2 aliphatic rings. The van der Waals surface area contributed by atoms with Crippen molar-refractivity contribution in [2.45, 2.75) is 30.5 Å². The molecular formula is C31H38N4O4S. The number of ether oxygens (including phenoxy) is 1. The van der Waals surface area contributed by atoms with E-state index in [0.717, 1.165) is 55.0 Å². The average molecular weight is 563 g/mol. The summed E-state index contributed by atoms with van der Waals surface area (Å²) in [5.74, 6) is -0.0394. The lowest BCUT2D eigenvalue weighted by Gasteiger charge is -2.41. The minimum absolute atomic E-state index is 0.0394. The van der Waals surface area contributed by atoms with E-state index in [9.17, 15) is 13.2 Å². The number of rotatable bonds is 8. The van der Waals surface area contributed by atoms with Crippen LogP contribution in [0.5, 0.6) is 0 Å². The molecule has 0 spiro atoms. The van der Waals surface area contributed by atoms with Crippen molar-refractivity contribution >= 4 is 21.6 Å². The molecule has 0 aromatic heterocycles. The van der Waals surface area contributed by atoms with E-state index in [0.29, 0.717) is 6.54 Å². The Labute approximate surface area is 237 Å². The van der Waals surface area contributed by atoms with Crippen LogP contribution in [0.2, 0.25) is 0 Å². The molecule has 0 saturated carbocycles. The molecule has 1 saturated heterocycles. The number of anilines is 1. The number of sulfonamides is 1. The molecule has 212 valence electrons. The number of piperazine rings is 1. The minimum Gasteiger partial charge on any atom is -0.369 e. The molecule has 1 unspecified atom stereocenters. The Morgan fingerprint density at radius 1 is 0.900 bits per heavy atom. The molecule has 9 heteroatoms. The zero-order valence-electron chi connectivity index (χ0n) is 23.5. The van der Waals surface area contributed by atoms with Gasteiger partial charge in [-0.05, 0) is 48.4 Å². The van der Waals surface area contributed by atoms with E-state index < -0.39 is 16.3 Å². The van der Waals surface area contributed by atoms with Gasteiger partial charge < -0.3 is 19.4 Å². The Morgan fingerprint density at radius 3 is 2.27 bits per heavy atom. The van der Waals surface area contributed by atoms with Gasteiger partial charge in [0.25, 0.3) is 0 Å². The smallest absolute Gasteiger partial charge is 0.243 e. The van der Waals surface area contributed by atoms with Gasteiger partial charge in [-0.1, -0.05) is 54.6 Å². The maximum atomic E-state index is 13.6. The molecule has 1 fully saturated rings. The quantitative estimate of drug-likeness (QED) is 0.418. The predicted octanol–water partition coefficient (Wildman–Crippen LogP) is 3.53. The van der Waals surface area contributed by atoms with Gasteiger partial charge in [0.1, 0.15) is 0 Å². The van der Waals surface area contributed by atoms with Crippen LogP contribution < -0.4 is 4.90 Å². The molecule has 0 aliphatic carbocycles. The van der Waals surface area contributed by atoms with Crippen molar-refractivity contribution in [2.75, 3.05) is 58.8 Å². The molecular weight excluding hydrogens is 524 g/mol. The molecule has 1 atom stereocenters. The lowest BCUT2D eigenvalue weighted by molar-refractivity contribution is -0.145. The molecule has 2 heterocycles. The Bertz CT molecular complexity index is 1420. The standard InChI is InChI=1S/C31H38N4O4S/c1-32-18-20-34(21-19-32)28-11-7-10-26-16-17-35(31(39-3)30(26)28)29(36)22-24-12-14-27(15-13-24)40(37,38)33(2)23-25-8-5-4-6-9-25/h4-15,31H,16-23H2,1-3H3.